The molecule has 0 amide bonds. The summed E-state index contributed by atoms with van der Waals surface area (Å²) in [5.74, 6) is 5.53. The molecule has 0 unspecified atom stereocenters. The van der Waals surface area contributed by atoms with Gasteiger partial charge in [-0.1, -0.05) is 0 Å². The van der Waals surface area contributed by atoms with Crippen LogP contribution in [-0.4, -0.2) is 51.6 Å². The average molecular weight is 237 g/mol. The predicted molar refractivity (Wildman–Crippen MR) is 60.8 cm³/mol. The summed E-state index contributed by atoms with van der Waals surface area (Å²) in [7, 11) is -0.204. The van der Waals surface area contributed by atoms with Crippen molar-refractivity contribution in [3.63, 3.8) is 0 Å². The fourth-order valence-corrected chi connectivity index (χ4v) is 1.46. The Morgan fingerprint density at radius 1 is 1.47 bits per heavy atom. The standard InChI is InChI=1S/C7H19N5O2S/c1-4-9-7(11-8)10-5-6-15(13,14)12(2)3/h4-6,8H2,1-3H3,(H2,9,10,11). The maximum atomic E-state index is 11.3. The van der Waals surface area contributed by atoms with Gasteiger partial charge in [-0.05, 0) is 6.92 Å². The second-order valence-corrected chi connectivity index (χ2v) is 5.31. The number of sulfonamides is 1. The number of hydrazine groups is 1. The number of hydrogen-bond donors (Lipinski definition) is 3. The van der Waals surface area contributed by atoms with Crippen molar-refractivity contribution < 1.29 is 8.42 Å². The van der Waals surface area contributed by atoms with Crippen LogP contribution in [0.1, 0.15) is 6.92 Å². The summed E-state index contributed by atoms with van der Waals surface area (Å²) < 4.78 is 23.9. The van der Waals surface area contributed by atoms with E-state index in [1.807, 2.05) is 6.92 Å². The molecule has 0 fully saturated rings. The molecule has 15 heavy (non-hydrogen) atoms. The maximum absolute atomic E-state index is 11.3. The van der Waals surface area contributed by atoms with Gasteiger partial charge >= 0.3 is 0 Å². The van der Waals surface area contributed by atoms with E-state index in [4.69, 9.17) is 5.84 Å². The van der Waals surface area contributed by atoms with E-state index in [-0.39, 0.29) is 12.3 Å². The van der Waals surface area contributed by atoms with Crippen molar-refractivity contribution in [3.8, 4) is 0 Å². The van der Waals surface area contributed by atoms with E-state index < -0.39 is 10.0 Å². The summed E-state index contributed by atoms with van der Waals surface area (Å²) in [4.78, 5) is 3.96. The number of aliphatic imine (C=N–C) groups is 1. The molecule has 0 heterocycles. The summed E-state index contributed by atoms with van der Waals surface area (Å²) in [5.41, 5.74) is 2.35. The highest BCUT2D eigenvalue weighted by Crippen LogP contribution is 1.93. The van der Waals surface area contributed by atoms with E-state index in [1.54, 1.807) is 0 Å². The van der Waals surface area contributed by atoms with Crippen LogP contribution in [0.2, 0.25) is 0 Å². The molecule has 0 saturated heterocycles. The monoisotopic (exact) mass is 237 g/mol. The van der Waals surface area contributed by atoms with Crippen molar-refractivity contribution in [2.75, 3.05) is 32.9 Å². The fraction of sp³-hybridized carbons (Fsp3) is 0.857. The van der Waals surface area contributed by atoms with Gasteiger partial charge in [0.1, 0.15) is 0 Å². The van der Waals surface area contributed by atoms with Crippen molar-refractivity contribution >= 4 is 16.0 Å². The van der Waals surface area contributed by atoms with Gasteiger partial charge in [-0.2, -0.15) is 0 Å². The first-order valence-electron chi connectivity index (χ1n) is 4.59. The van der Waals surface area contributed by atoms with Crippen LogP contribution in [0.3, 0.4) is 0 Å². The van der Waals surface area contributed by atoms with Crippen LogP contribution in [0, 0.1) is 0 Å². The number of nitrogens with one attached hydrogen (secondary N) is 2. The third-order valence-corrected chi connectivity index (χ3v) is 3.47. The molecule has 0 aliphatic heterocycles. The topological polar surface area (TPSA) is 99.8 Å². The van der Waals surface area contributed by atoms with Gasteiger partial charge in [0.25, 0.3) is 0 Å². The molecule has 90 valence electrons. The van der Waals surface area contributed by atoms with E-state index in [0.717, 1.165) is 0 Å². The third-order valence-electron chi connectivity index (χ3n) is 1.66. The molecule has 0 aromatic rings. The molecular formula is C7H19N5O2S. The third kappa shape index (κ3) is 5.55. The Labute approximate surface area is 90.8 Å². The van der Waals surface area contributed by atoms with Gasteiger partial charge in [-0.15, -0.1) is 0 Å². The van der Waals surface area contributed by atoms with Gasteiger partial charge in [0.15, 0.2) is 0 Å². The lowest BCUT2D eigenvalue weighted by atomic mass is 10.7. The van der Waals surface area contributed by atoms with E-state index in [0.29, 0.717) is 12.5 Å². The minimum atomic E-state index is -3.19. The fourth-order valence-electron chi connectivity index (χ4n) is 0.775. The number of nitrogens with zero attached hydrogens (tertiary/aromatic N) is 2. The number of guanidine groups is 1. The second-order valence-electron chi connectivity index (χ2n) is 3.00. The van der Waals surface area contributed by atoms with E-state index in [2.05, 4.69) is 15.7 Å². The van der Waals surface area contributed by atoms with Crippen LogP contribution in [0.5, 0.6) is 0 Å². The van der Waals surface area contributed by atoms with Crippen LogP contribution < -0.4 is 16.6 Å². The van der Waals surface area contributed by atoms with Gasteiger partial charge in [0, 0.05) is 20.6 Å². The predicted octanol–water partition coefficient (Wildman–Crippen LogP) is -1.69. The lowest BCUT2D eigenvalue weighted by Gasteiger charge is -2.10. The normalized spacial score (nSPS) is 13.0. The van der Waals surface area contributed by atoms with Crippen LogP contribution in [0.15, 0.2) is 4.99 Å². The molecule has 0 aliphatic carbocycles. The highest BCUT2D eigenvalue weighted by atomic mass is 32.2. The van der Waals surface area contributed by atoms with Crippen molar-refractivity contribution in [2.24, 2.45) is 10.8 Å². The summed E-state index contributed by atoms with van der Waals surface area (Å²) in [6.45, 7) is 2.74. The molecule has 0 bridgehead atoms. The Morgan fingerprint density at radius 2 is 2.07 bits per heavy atom. The Balaban J connectivity index is 4.17. The molecule has 0 aromatic carbocycles. The molecule has 0 aromatic heterocycles. The summed E-state index contributed by atoms with van der Waals surface area (Å²) in [6, 6.07) is 0. The van der Waals surface area contributed by atoms with E-state index >= 15 is 0 Å². The van der Waals surface area contributed by atoms with Crippen LogP contribution in [0.4, 0.5) is 0 Å². The molecule has 0 atom stereocenters. The molecule has 4 N–H and O–H groups in total. The Hall–Kier alpha value is -0.860. The summed E-state index contributed by atoms with van der Waals surface area (Å²) >= 11 is 0. The van der Waals surface area contributed by atoms with Crippen LogP contribution in [0.25, 0.3) is 0 Å². The first kappa shape index (κ1) is 14.1. The maximum Gasteiger partial charge on any atom is 0.215 e. The van der Waals surface area contributed by atoms with Crippen molar-refractivity contribution in [1.29, 1.82) is 0 Å². The molecule has 7 nitrogen and oxygen atoms in total. The highest BCUT2D eigenvalue weighted by Gasteiger charge is 2.12. The molecule has 0 radical (unpaired) electrons. The molecule has 0 rings (SSSR count). The zero-order valence-corrected chi connectivity index (χ0v) is 10.1. The van der Waals surface area contributed by atoms with Crippen molar-refractivity contribution in [1.82, 2.24) is 15.0 Å². The largest absolute Gasteiger partial charge is 0.356 e. The van der Waals surface area contributed by atoms with Crippen LogP contribution in [-0.2, 0) is 10.0 Å². The Morgan fingerprint density at radius 3 is 2.47 bits per heavy atom. The first-order chi connectivity index (χ1) is 6.94. The molecule has 0 saturated carbocycles. The molecule has 0 spiro atoms. The van der Waals surface area contributed by atoms with Crippen molar-refractivity contribution in [3.05, 3.63) is 0 Å². The number of nitrogens with two attached hydrogens (primary N) is 1. The minimum absolute atomic E-state index is 0.0312. The Kier molecular flexibility index (Phi) is 6.21. The van der Waals surface area contributed by atoms with Gasteiger partial charge in [-0.3, -0.25) is 10.4 Å². The minimum Gasteiger partial charge on any atom is -0.356 e. The van der Waals surface area contributed by atoms with E-state index in [1.165, 1.54) is 18.4 Å². The zero-order valence-electron chi connectivity index (χ0n) is 9.32. The summed E-state index contributed by atoms with van der Waals surface area (Å²) in [6.07, 6.45) is 0. The molecule has 0 aliphatic rings. The lowest BCUT2D eigenvalue weighted by Crippen LogP contribution is -2.41. The first-order valence-corrected chi connectivity index (χ1v) is 6.20. The van der Waals surface area contributed by atoms with Gasteiger partial charge in [-0.25, -0.2) is 18.6 Å². The molecule has 8 heteroatoms. The highest BCUT2D eigenvalue weighted by molar-refractivity contribution is 7.89. The average Bonchev–Trinajstić information content (AvgIpc) is 2.16. The molecular weight excluding hydrogens is 218 g/mol. The second kappa shape index (κ2) is 6.59. The van der Waals surface area contributed by atoms with Gasteiger partial charge in [0.2, 0.25) is 16.0 Å². The van der Waals surface area contributed by atoms with Gasteiger partial charge < -0.3 is 5.32 Å². The number of hydrogen-bond acceptors (Lipinski definition) is 4. The SMILES string of the molecule is CCNC(=NCCS(=O)(=O)N(C)C)NN. The van der Waals surface area contributed by atoms with E-state index in [9.17, 15) is 8.42 Å². The van der Waals surface area contributed by atoms with Crippen molar-refractivity contribution in [2.45, 2.75) is 6.92 Å². The smallest absolute Gasteiger partial charge is 0.215 e. The number of rotatable bonds is 5. The van der Waals surface area contributed by atoms with Crippen LogP contribution >= 0.6 is 0 Å². The Bertz CT molecular complexity index is 299. The lowest BCUT2D eigenvalue weighted by molar-refractivity contribution is 0.521. The summed E-state index contributed by atoms with van der Waals surface area (Å²) in [5, 5.41) is 2.85. The zero-order chi connectivity index (χ0) is 11.9. The quantitative estimate of drug-likeness (QED) is 0.229. The van der Waals surface area contributed by atoms with Gasteiger partial charge in [0.05, 0.1) is 12.3 Å².